The summed E-state index contributed by atoms with van der Waals surface area (Å²) in [5, 5.41) is 9.95. The Morgan fingerprint density at radius 3 is 2.63 bits per heavy atom. The van der Waals surface area contributed by atoms with E-state index in [1.807, 2.05) is 18.2 Å². The van der Waals surface area contributed by atoms with E-state index in [9.17, 15) is 4.39 Å². The fraction of sp³-hybridized carbons (Fsp3) is 0.233. The van der Waals surface area contributed by atoms with Crippen LogP contribution in [0.4, 0.5) is 38.9 Å². The number of para-hydroxylation sites is 1. The Balaban J connectivity index is 1.36. The largest absolute Gasteiger partial charge is 0.497 e. The van der Waals surface area contributed by atoms with Gasteiger partial charge in [-0.3, -0.25) is 0 Å². The van der Waals surface area contributed by atoms with Gasteiger partial charge < -0.3 is 30.3 Å². The summed E-state index contributed by atoms with van der Waals surface area (Å²) < 4.78 is 25.9. The number of benzene rings is 3. The molecule has 11 heteroatoms. The van der Waals surface area contributed by atoms with E-state index < -0.39 is 6.10 Å². The normalized spacial score (nSPS) is 13.7. The molecule has 9 nitrogen and oxygen atoms in total. The molecular weight excluding hydrogens is 545 g/mol. The number of nitrogens with one attached hydrogen (secondary N) is 3. The monoisotopic (exact) mass is 573 g/mol. The van der Waals surface area contributed by atoms with Gasteiger partial charge in [0.15, 0.2) is 5.82 Å². The Labute approximate surface area is 243 Å². The zero-order chi connectivity index (χ0) is 28.8. The molecule has 210 valence electrons. The number of rotatable bonds is 9. The van der Waals surface area contributed by atoms with Crippen molar-refractivity contribution in [3.63, 3.8) is 0 Å². The molecule has 5 rings (SSSR count). The summed E-state index contributed by atoms with van der Waals surface area (Å²) in [4.78, 5) is 14.8. The molecular formula is C30H29ClFN7O2. The molecule has 1 aliphatic heterocycles. The fourth-order valence-electron chi connectivity index (χ4n) is 4.59. The molecule has 0 bridgehead atoms. The van der Waals surface area contributed by atoms with E-state index in [-0.39, 0.29) is 16.5 Å². The maximum absolute atomic E-state index is 14.3. The fourth-order valence-corrected chi connectivity index (χ4v) is 4.72. The molecule has 41 heavy (non-hydrogen) atoms. The Bertz CT molecular complexity index is 1570. The van der Waals surface area contributed by atoms with Crippen LogP contribution in [0, 0.1) is 12.4 Å². The van der Waals surface area contributed by atoms with Gasteiger partial charge in [-0.05, 0) is 37.3 Å². The molecule has 2 heterocycles. The first-order valence-corrected chi connectivity index (χ1v) is 13.5. The van der Waals surface area contributed by atoms with Crippen LogP contribution in [0.2, 0.25) is 5.02 Å². The average molecular weight is 574 g/mol. The number of hydrogen-bond donors (Lipinski definition) is 3. The van der Waals surface area contributed by atoms with Gasteiger partial charge in [-0.25, -0.2) is 14.2 Å². The maximum atomic E-state index is 14.3. The molecule has 0 spiro atoms. The summed E-state index contributed by atoms with van der Waals surface area (Å²) in [6.45, 7) is 13.2. The van der Waals surface area contributed by atoms with Gasteiger partial charge in [0, 0.05) is 49.2 Å². The van der Waals surface area contributed by atoms with Crippen molar-refractivity contribution in [3.05, 3.63) is 94.7 Å². The predicted octanol–water partition coefficient (Wildman–Crippen LogP) is 6.87. The second-order valence-electron chi connectivity index (χ2n) is 9.31. The van der Waals surface area contributed by atoms with Gasteiger partial charge in [-0.2, -0.15) is 4.98 Å². The number of ether oxygens (including phenoxy) is 2. The molecule has 0 amide bonds. The van der Waals surface area contributed by atoms with Crippen molar-refractivity contribution in [2.45, 2.75) is 13.0 Å². The van der Waals surface area contributed by atoms with Crippen LogP contribution in [-0.4, -0.2) is 43.3 Å². The van der Waals surface area contributed by atoms with Gasteiger partial charge in [0.05, 0.1) is 25.6 Å². The van der Waals surface area contributed by atoms with E-state index in [4.69, 9.17) is 27.6 Å². The number of halogens is 2. The van der Waals surface area contributed by atoms with Crippen molar-refractivity contribution < 1.29 is 13.9 Å². The van der Waals surface area contributed by atoms with Crippen molar-refractivity contribution >= 4 is 46.1 Å². The Morgan fingerprint density at radius 2 is 1.88 bits per heavy atom. The van der Waals surface area contributed by atoms with E-state index >= 15 is 0 Å². The first kappa shape index (κ1) is 28.0. The molecule has 1 aliphatic rings. The highest BCUT2D eigenvalue weighted by Gasteiger charge is 2.19. The topological polar surface area (TPSA) is 87.9 Å². The minimum absolute atomic E-state index is 0.216. The molecule has 4 aromatic rings. The number of aromatic nitrogens is 2. The summed E-state index contributed by atoms with van der Waals surface area (Å²) >= 11 is 6.42. The molecule has 1 atom stereocenters. The van der Waals surface area contributed by atoms with Gasteiger partial charge in [0.2, 0.25) is 5.95 Å². The molecule has 1 aromatic heterocycles. The molecule has 3 aromatic carbocycles. The van der Waals surface area contributed by atoms with Gasteiger partial charge >= 0.3 is 0 Å². The second-order valence-corrected chi connectivity index (χ2v) is 9.72. The second kappa shape index (κ2) is 12.7. The zero-order valence-corrected chi connectivity index (χ0v) is 23.4. The van der Waals surface area contributed by atoms with Crippen molar-refractivity contribution in [1.29, 1.82) is 0 Å². The molecule has 0 radical (unpaired) electrons. The SMILES string of the molecule is [C-]#[N+]c1c(Nc2nc(Nc3ccc(N4CCNCC4)c(OC)c3)ncc2Cl)cccc1OC(C)c1ccccc1F. The summed E-state index contributed by atoms with van der Waals surface area (Å²) in [6.07, 6.45) is 0.865. The van der Waals surface area contributed by atoms with E-state index in [2.05, 4.69) is 35.7 Å². The molecule has 1 fully saturated rings. The predicted molar refractivity (Wildman–Crippen MR) is 160 cm³/mol. The third-order valence-electron chi connectivity index (χ3n) is 6.65. The van der Waals surface area contributed by atoms with E-state index in [0.29, 0.717) is 28.8 Å². The number of methoxy groups -OCH3 is 1. The van der Waals surface area contributed by atoms with Crippen molar-refractivity contribution in [3.8, 4) is 11.5 Å². The quantitative estimate of drug-likeness (QED) is 0.187. The molecule has 1 saturated heterocycles. The van der Waals surface area contributed by atoms with Crippen LogP contribution in [0.3, 0.4) is 0 Å². The highest BCUT2D eigenvalue weighted by atomic mass is 35.5. The van der Waals surface area contributed by atoms with E-state index in [1.54, 1.807) is 50.4 Å². The summed E-state index contributed by atoms with van der Waals surface area (Å²) in [5.41, 5.74) is 2.82. The summed E-state index contributed by atoms with van der Waals surface area (Å²) in [6, 6.07) is 17.4. The number of piperazine rings is 1. The smallest absolute Gasteiger partial charge is 0.250 e. The van der Waals surface area contributed by atoms with Crippen LogP contribution >= 0.6 is 11.6 Å². The minimum Gasteiger partial charge on any atom is -0.497 e. The number of anilines is 5. The van der Waals surface area contributed by atoms with Gasteiger partial charge in [0.25, 0.3) is 5.69 Å². The van der Waals surface area contributed by atoms with Crippen molar-refractivity contribution in [1.82, 2.24) is 15.3 Å². The van der Waals surface area contributed by atoms with Crippen LogP contribution in [0.25, 0.3) is 4.85 Å². The molecule has 0 aliphatic carbocycles. The van der Waals surface area contributed by atoms with Gasteiger partial charge in [-0.1, -0.05) is 35.9 Å². The van der Waals surface area contributed by atoms with E-state index in [0.717, 1.165) is 43.3 Å². The van der Waals surface area contributed by atoms with Crippen LogP contribution in [-0.2, 0) is 0 Å². The first-order valence-electron chi connectivity index (χ1n) is 13.1. The standard InChI is InChI=1S/C30H29ClFN7O2/c1-19(21-7-4-5-8-23(21)32)41-26-10-6-9-24(28(26)33-2)37-29-22(31)18-35-30(38-29)36-20-11-12-25(27(17-20)40-3)39-15-13-34-14-16-39/h4-12,17-19,34H,13-16H2,1,3H3,(H2,35,36,37,38). The van der Waals surface area contributed by atoms with Gasteiger partial charge in [-0.15, -0.1) is 0 Å². The van der Waals surface area contributed by atoms with Crippen LogP contribution in [0.5, 0.6) is 11.5 Å². The van der Waals surface area contributed by atoms with Crippen molar-refractivity contribution in [2.24, 2.45) is 0 Å². The number of hydrogen-bond acceptors (Lipinski definition) is 8. The number of nitrogens with zero attached hydrogens (tertiary/aromatic N) is 4. The first-order chi connectivity index (χ1) is 20.0. The van der Waals surface area contributed by atoms with Crippen molar-refractivity contribution in [2.75, 3.05) is 48.8 Å². The average Bonchev–Trinajstić information content (AvgIpc) is 2.99. The molecule has 1 unspecified atom stereocenters. The molecule has 3 N–H and O–H groups in total. The van der Waals surface area contributed by atoms with Crippen LogP contribution < -0.4 is 30.3 Å². The Kier molecular flexibility index (Phi) is 8.67. The zero-order valence-electron chi connectivity index (χ0n) is 22.6. The lowest BCUT2D eigenvalue weighted by molar-refractivity contribution is 0.223. The van der Waals surface area contributed by atoms with Crippen LogP contribution in [0.1, 0.15) is 18.6 Å². The lowest BCUT2D eigenvalue weighted by atomic mass is 10.1. The molecule has 0 saturated carbocycles. The highest BCUT2D eigenvalue weighted by Crippen LogP contribution is 2.40. The Hall–Kier alpha value is -4.59. The highest BCUT2D eigenvalue weighted by molar-refractivity contribution is 6.33. The third-order valence-corrected chi connectivity index (χ3v) is 6.93. The minimum atomic E-state index is -0.611. The van der Waals surface area contributed by atoms with E-state index in [1.165, 1.54) is 12.3 Å². The summed E-state index contributed by atoms with van der Waals surface area (Å²) in [5.74, 6) is 1.28. The van der Waals surface area contributed by atoms with Gasteiger partial charge in [0.1, 0.15) is 28.4 Å². The lowest BCUT2D eigenvalue weighted by Crippen LogP contribution is -2.43. The summed E-state index contributed by atoms with van der Waals surface area (Å²) in [7, 11) is 1.65. The lowest BCUT2D eigenvalue weighted by Gasteiger charge is -2.30. The third kappa shape index (κ3) is 6.43. The Morgan fingerprint density at radius 1 is 1.07 bits per heavy atom. The maximum Gasteiger partial charge on any atom is 0.250 e. The van der Waals surface area contributed by atoms with Crippen LogP contribution in [0.15, 0.2) is 66.9 Å².